The van der Waals surface area contributed by atoms with Gasteiger partial charge >= 0.3 is 0 Å². The number of carbonyl (C=O) groups excluding carboxylic acids is 2. The van der Waals surface area contributed by atoms with Gasteiger partial charge < -0.3 is 9.15 Å². The summed E-state index contributed by atoms with van der Waals surface area (Å²) < 4.78 is 10.8. The molecule has 0 aliphatic heterocycles. The lowest BCUT2D eigenvalue weighted by Gasteiger charge is -2.10. The zero-order chi connectivity index (χ0) is 16.8. The molecule has 2 aromatic carbocycles. The zero-order valence-electron chi connectivity index (χ0n) is 12.5. The van der Waals surface area contributed by atoms with Crippen molar-refractivity contribution in [3.8, 4) is 17.2 Å². The summed E-state index contributed by atoms with van der Waals surface area (Å²) >= 11 is 6.01. The highest BCUT2D eigenvalue weighted by Gasteiger charge is 2.35. The SMILES string of the molecule is COc1cc(-c2nc3c(o2)C(=O)c2ccccc2C3=O)ccc1Cl. The summed E-state index contributed by atoms with van der Waals surface area (Å²) in [5, 5.41) is 0.442. The maximum absolute atomic E-state index is 12.6. The van der Waals surface area contributed by atoms with Crippen LogP contribution in [0.4, 0.5) is 0 Å². The number of ether oxygens (including phenoxy) is 1. The number of halogens is 1. The highest BCUT2D eigenvalue weighted by molar-refractivity contribution is 6.32. The first-order valence-electron chi connectivity index (χ1n) is 7.13. The zero-order valence-corrected chi connectivity index (χ0v) is 13.3. The van der Waals surface area contributed by atoms with Crippen molar-refractivity contribution in [3.05, 3.63) is 70.1 Å². The Bertz CT molecular complexity index is 954. The lowest BCUT2D eigenvalue weighted by atomic mass is 9.91. The molecule has 1 aromatic heterocycles. The van der Waals surface area contributed by atoms with Crippen LogP contribution in [0, 0.1) is 0 Å². The van der Waals surface area contributed by atoms with E-state index < -0.39 is 0 Å². The lowest BCUT2D eigenvalue weighted by molar-refractivity contribution is 0.0959. The van der Waals surface area contributed by atoms with E-state index in [1.807, 2.05) is 0 Å². The molecule has 1 aliphatic rings. The average molecular weight is 340 g/mol. The summed E-state index contributed by atoms with van der Waals surface area (Å²) in [5.74, 6) is -0.0885. The molecule has 4 rings (SSSR count). The fourth-order valence-corrected chi connectivity index (χ4v) is 2.87. The van der Waals surface area contributed by atoms with Crippen molar-refractivity contribution in [3.63, 3.8) is 0 Å². The molecule has 0 spiro atoms. The lowest BCUT2D eigenvalue weighted by Crippen LogP contribution is -2.19. The Kier molecular flexibility index (Phi) is 3.25. The minimum atomic E-state index is -0.347. The van der Waals surface area contributed by atoms with Gasteiger partial charge in [-0.1, -0.05) is 35.9 Å². The molecule has 0 fully saturated rings. The smallest absolute Gasteiger partial charge is 0.231 e. The molecule has 0 saturated heterocycles. The van der Waals surface area contributed by atoms with Gasteiger partial charge in [0.2, 0.25) is 23.2 Å². The second-order valence-electron chi connectivity index (χ2n) is 5.25. The third kappa shape index (κ3) is 2.06. The van der Waals surface area contributed by atoms with E-state index in [1.54, 1.807) is 42.5 Å². The molecule has 0 unspecified atom stereocenters. The highest BCUT2D eigenvalue weighted by atomic mass is 35.5. The van der Waals surface area contributed by atoms with Gasteiger partial charge in [0.15, 0.2) is 5.69 Å². The van der Waals surface area contributed by atoms with Crippen LogP contribution in [-0.4, -0.2) is 23.7 Å². The molecular formula is C18H10ClNO4. The molecule has 1 heterocycles. The van der Waals surface area contributed by atoms with Gasteiger partial charge in [-0.05, 0) is 18.2 Å². The molecule has 0 saturated carbocycles. The van der Waals surface area contributed by atoms with Crippen LogP contribution in [-0.2, 0) is 0 Å². The average Bonchev–Trinajstić information content (AvgIpc) is 3.06. The third-order valence-corrected chi connectivity index (χ3v) is 4.18. The maximum Gasteiger partial charge on any atom is 0.231 e. The molecule has 24 heavy (non-hydrogen) atoms. The van der Waals surface area contributed by atoms with E-state index in [-0.39, 0.29) is 28.9 Å². The van der Waals surface area contributed by atoms with E-state index >= 15 is 0 Å². The fourth-order valence-electron chi connectivity index (χ4n) is 2.67. The predicted octanol–water partition coefficient (Wildman–Crippen LogP) is 3.78. The minimum absolute atomic E-state index is 0.0302. The van der Waals surface area contributed by atoms with Gasteiger partial charge in [0.05, 0.1) is 12.1 Å². The van der Waals surface area contributed by atoms with E-state index in [9.17, 15) is 9.59 Å². The standard InChI is InChI=1S/C18H10ClNO4/c1-23-13-8-9(6-7-12(13)19)18-20-14-15(21)10-4-2-3-5-11(10)16(22)17(14)24-18/h2-8H,1H3. The summed E-state index contributed by atoms with van der Waals surface area (Å²) in [5.41, 5.74) is 1.26. The first-order chi connectivity index (χ1) is 11.6. The highest BCUT2D eigenvalue weighted by Crippen LogP contribution is 2.34. The van der Waals surface area contributed by atoms with Gasteiger partial charge in [0, 0.05) is 16.7 Å². The van der Waals surface area contributed by atoms with Crippen LogP contribution in [0.1, 0.15) is 32.2 Å². The predicted molar refractivity (Wildman–Crippen MR) is 86.8 cm³/mol. The molecule has 0 bridgehead atoms. The summed E-state index contributed by atoms with van der Waals surface area (Å²) in [6.07, 6.45) is 0. The maximum atomic E-state index is 12.6. The van der Waals surface area contributed by atoms with Crippen molar-refractivity contribution >= 4 is 23.2 Å². The van der Waals surface area contributed by atoms with Gasteiger partial charge in [-0.3, -0.25) is 9.59 Å². The molecule has 6 heteroatoms. The van der Waals surface area contributed by atoms with Crippen molar-refractivity contribution in [2.45, 2.75) is 0 Å². The number of carbonyl (C=O) groups is 2. The van der Waals surface area contributed by atoms with Crippen molar-refractivity contribution in [1.82, 2.24) is 4.98 Å². The van der Waals surface area contributed by atoms with Crippen molar-refractivity contribution in [2.75, 3.05) is 7.11 Å². The number of methoxy groups -OCH3 is 1. The minimum Gasteiger partial charge on any atom is -0.495 e. The first kappa shape index (κ1) is 14.7. The molecule has 0 amide bonds. The van der Waals surface area contributed by atoms with Crippen LogP contribution in [0.25, 0.3) is 11.5 Å². The van der Waals surface area contributed by atoms with E-state index in [2.05, 4.69) is 4.98 Å². The van der Waals surface area contributed by atoms with E-state index in [0.717, 1.165) is 0 Å². The Morgan fingerprint density at radius 1 is 1.04 bits per heavy atom. The normalized spacial score (nSPS) is 12.8. The molecule has 0 atom stereocenters. The second kappa shape index (κ2) is 5.32. The Balaban J connectivity index is 1.86. The quantitative estimate of drug-likeness (QED) is 0.556. The number of fused-ring (bicyclic) bond motifs is 2. The van der Waals surface area contributed by atoms with Crippen LogP contribution in [0.3, 0.4) is 0 Å². The van der Waals surface area contributed by atoms with E-state index in [0.29, 0.717) is 27.5 Å². The monoisotopic (exact) mass is 339 g/mol. The summed E-state index contributed by atoms with van der Waals surface area (Å²) in [6.45, 7) is 0. The Morgan fingerprint density at radius 3 is 2.46 bits per heavy atom. The molecule has 5 nitrogen and oxygen atoms in total. The van der Waals surface area contributed by atoms with Crippen LogP contribution < -0.4 is 4.74 Å². The van der Waals surface area contributed by atoms with Gasteiger partial charge in [-0.25, -0.2) is 4.98 Å². The summed E-state index contributed by atoms with van der Waals surface area (Å²) in [7, 11) is 1.50. The number of benzene rings is 2. The third-order valence-electron chi connectivity index (χ3n) is 3.86. The van der Waals surface area contributed by atoms with Gasteiger partial charge in [0.1, 0.15) is 5.75 Å². The Labute approximate surface area is 141 Å². The molecule has 0 N–H and O–H groups in total. The van der Waals surface area contributed by atoms with E-state index in [1.165, 1.54) is 7.11 Å². The second-order valence-corrected chi connectivity index (χ2v) is 5.66. The van der Waals surface area contributed by atoms with Crippen LogP contribution >= 0.6 is 11.6 Å². The van der Waals surface area contributed by atoms with Crippen molar-refractivity contribution in [1.29, 1.82) is 0 Å². The van der Waals surface area contributed by atoms with Crippen LogP contribution in [0.2, 0.25) is 5.02 Å². The molecule has 1 aliphatic carbocycles. The number of aromatic nitrogens is 1. The van der Waals surface area contributed by atoms with Crippen molar-refractivity contribution in [2.24, 2.45) is 0 Å². The summed E-state index contributed by atoms with van der Waals surface area (Å²) in [4.78, 5) is 29.3. The number of hydrogen-bond donors (Lipinski definition) is 0. The number of ketones is 2. The topological polar surface area (TPSA) is 69.4 Å². The number of rotatable bonds is 2. The molecular weight excluding hydrogens is 330 g/mol. The van der Waals surface area contributed by atoms with Gasteiger partial charge in [-0.2, -0.15) is 0 Å². The molecule has 118 valence electrons. The Hall–Kier alpha value is -2.92. The first-order valence-corrected chi connectivity index (χ1v) is 7.51. The fraction of sp³-hybridized carbons (Fsp3) is 0.0556. The van der Waals surface area contributed by atoms with E-state index in [4.69, 9.17) is 20.8 Å². The Morgan fingerprint density at radius 2 is 1.75 bits per heavy atom. The number of oxazole rings is 1. The number of hydrogen-bond acceptors (Lipinski definition) is 5. The van der Waals surface area contributed by atoms with Crippen LogP contribution in [0.15, 0.2) is 46.9 Å². The van der Waals surface area contributed by atoms with Crippen LogP contribution in [0.5, 0.6) is 5.75 Å². The largest absolute Gasteiger partial charge is 0.495 e. The van der Waals surface area contributed by atoms with Gasteiger partial charge in [0.25, 0.3) is 0 Å². The summed E-state index contributed by atoms with van der Waals surface area (Å²) in [6, 6.07) is 11.6. The molecule has 0 radical (unpaired) electrons. The van der Waals surface area contributed by atoms with Gasteiger partial charge in [-0.15, -0.1) is 0 Å². The van der Waals surface area contributed by atoms with Crippen molar-refractivity contribution < 1.29 is 18.7 Å². The molecule has 3 aromatic rings. The number of nitrogens with zero attached hydrogens (tertiary/aromatic N) is 1.